The van der Waals surface area contributed by atoms with Crippen LogP contribution in [0.25, 0.3) is 0 Å². The van der Waals surface area contributed by atoms with E-state index in [0.717, 1.165) is 19.6 Å². The summed E-state index contributed by atoms with van der Waals surface area (Å²) >= 11 is 0. The van der Waals surface area contributed by atoms with Crippen molar-refractivity contribution in [2.24, 2.45) is 0 Å². The van der Waals surface area contributed by atoms with E-state index >= 15 is 0 Å². The number of hydrogen-bond acceptors (Lipinski definition) is 3. The van der Waals surface area contributed by atoms with Crippen molar-refractivity contribution >= 4 is 0 Å². The number of aromatic nitrogens is 1. The van der Waals surface area contributed by atoms with Crippen LogP contribution in [0.1, 0.15) is 5.56 Å². The van der Waals surface area contributed by atoms with Gasteiger partial charge in [-0.1, -0.05) is 0 Å². The summed E-state index contributed by atoms with van der Waals surface area (Å²) in [5, 5.41) is 0. The van der Waals surface area contributed by atoms with E-state index in [2.05, 4.69) is 22.0 Å². The van der Waals surface area contributed by atoms with Crippen molar-refractivity contribution < 1.29 is 4.74 Å². The molecule has 2 heterocycles. The SMILES string of the molecule is COC1CN(Cc2ccncc2)C1. The predicted octanol–water partition coefficient (Wildman–Crippen LogP) is 0.912. The lowest BCUT2D eigenvalue weighted by Gasteiger charge is -2.38. The number of nitrogens with zero attached hydrogens (tertiary/aromatic N) is 2. The number of methoxy groups -OCH3 is 1. The van der Waals surface area contributed by atoms with E-state index in [4.69, 9.17) is 4.74 Å². The molecular weight excluding hydrogens is 164 g/mol. The van der Waals surface area contributed by atoms with E-state index in [1.807, 2.05) is 12.4 Å². The van der Waals surface area contributed by atoms with Gasteiger partial charge in [-0.25, -0.2) is 0 Å². The molecule has 0 amide bonds. The third-order valence-corrected chi connectivity index (χ3v) is 2.41. The van der Waals surface area contributed by atoms with Gasteiger partial charge in [0.2, 0.25) is 0 Å². The quantitative estimate of drug-likeness (QED) is 0.688. The molecule has 13 heavy (non-hydrogen) atoms. The maximum atomic E-state index is 5.20. The first-order valence-corrected chi connectivity index (χ1v) is 4.52. The van der Waals surface area contributed by atoms with Gasteiger partial charge in [0.25, 0.3) is 0 Å². The number of ether oxygens (including phenoxy) is 1. The summed E-state index contributed by atoms with van der Waals surface area (Å²) in [7, 11) is 1.77. The zero-order valence-electron chi connectivity index (χ0n) is 7.81. The van der Waals surface area contributed by atoms with Gasteiger partial charge >= 0.3 is 0 Å². The molecule has 0 aromatic carbocycles. The topological polar surface area (TPSA) is 25.4 Å². The molecule has 1 aliphatic heterocycles. The number of likely N-dealkylation sites (tertiary alicyclic amines) is 1. The van der Waals surface area contributed by atoms with Gasteiger partial charge in [-0.3, -0.25) is 9.88 Å². The van der Waals surface area contributed by atoms with Crippen LogP contribution in [0.15, 0.2) is 24.5 Å². The molecule has 0 saturated carbocycles. The normalized spacial score (nSPS) is 18.5. The van der Waals surface area contributed by atoms with Crippen LogP contribution in [0.5, 0.6) is 0 Å². The van der Waals surface area contributed by atoms with Crippen molar-refractivity contribution in [1.29, 1.82) is 0 Å². The third-order valence-electron chi connectivity index (χ3n) is 2.41. The summed E-state index contributed by atoms with van der Waals surface area (Å²) in [5.41, 5.74) is 1.32. The largest absolute Gasteiger partial charge is 0.379 e. The summed E-state index contributed by atoms with van der Waals surface area (Å²) in [6, 6.07) is 4.11. The van der Waals surface area contributed by atoms with Crippen molar-refractivity contribution in [2.75, 3.05) is 20.2 Å². The van der Waals surface area contributed by atoms with Crippen molar-refractivity contribution in [3.8, 4) is 0 Å². The molecule has 0 N–H and O–H groups in total. The highest BCUT2D eigenvalue weighted by atomic mass is 16.5. The molecule has 70 valence electrons. The summed E-state index contributed by atoms with van der Waals surface area (Å²) in [5.74, 6) is 0. The van der Waals surface area contributed by atoms with Gasteiger partial charge in [0.1, 0.15) is 0 Å². The van der Waals surface area contributed by atoms with Crippen LogP contribution in [0.4, 0.5) is 0 Å². The summed E-state index contributed by atoms with van der Waals surface area (Å²) in [6.45, 7) is 3.13. The minimum absolute atomic E-state index is 0.446. The minimum Gasteiger partial charge on any atom is -0.379 e. The fourth-order valence-electron chi connectivity index (χ4n) is 1.55. The molecule has 2 rings (SSSR count). The monoisotopic (exact) mass is 178 g/mol. The van der Waals surface area contributed by atoms with Crippen molar-refractivity contribution in [3.05, 3.63) is 30.1 Å². The van der Waals surface area contributed by atoms with E-state index in [1.165, 1.54) is 5.56 Å². The van der Waals surface area contributed by atoms with Gasteiger partial charge in [0.15, 0.2) is 0 Å². The van der Waals surface area contributed by atoms with E-state index in [9.17, 15) is 0 Å². The average Bonchev–Trinajstić information content (AvgIpc) is 2.12. The first kappa shape index (κ1) is 8.66. The zero-order chi connectivity index (χ0) is 9.10. The molecule has 1 fully saturated rings. The maximum Gasteiger partial charge on any atom is 0.0825 e. The fourth-order valence-corrected chi connectivity index (χ4v) is 1.55. The van der Waals surface area contributed by atoms with Gasteiger partial charge in [0, 0.05) is 39.1 Å². The molecule has 0 spiro atoms. The highest BCUT2D eigenvalue weighted by molar-refractivity contribution is 5.10. The molecule has 3 nitrogen and oxygen atoms in total. The molecule has 0 atom stereocenters. The van der Waals surface area contributed by atoms with Crippen molar-refractivity contribution in [2.45, 2.75) is 12.6 Å². The Balaban J connectivity index is 1.81. The zero-order valence-corrected chi connectivity index (χ0v) is 7.81. The first-order valence-electron chi connectivity index (χ1n) is 4.52. The summed E-state index contributed by atoms with van der Waals surface area (Å²) < 4.78 is 5.20. The standard InChI is InChI=1S/C10H14N2O/c1-13-10-7-12(8-10)6-9-2-4-11-5-3-9/h2-5,10H,6-8H2,1H3. The molecule has 0 radical (unpaired) electrons. The first-order chi connectivity index (χ1) is 6.38. The van der Waals surface area contributed by atoms with E-state index < -0.39 is 0 Å². The Kier molecular flexibility index (Phi) is 2.57. The Morgan fingerprint density at radius 1 is 1.46 bits per heavy atom. The summed E-state index contributed by atoms with van der Waals surface area (Å²) in [4.78, 5) is 6.35. The molecule has 0 aliphatic carbocycles. The van der Waals surface area contributed by atoms with Gasteiger partial charge < -0.3 is 4.74 Å². The molecule has 1 aliphatic rings. The second-order valence-electron chi connectivity index (χ2n) is 3.41. The Morgan fingerprint density at radius 2 is 2.15 bits per heavy atom. The van der Waals surface area contributed by atoms with Crippen LogP contribution >= 0.6 is 0 Å². The van der Waals surface area contributed by atoms with Gasteiger partial charge in [-0.05, 0) is 17.7 Å². The number of hydrogen-bond donors (Lipinski definition) is 0. The Hall–Kier alpha value is -0.930. The fraction of sp³-hybridized carbons (Fsp3) is 0.500. The van der Waals surface area contributed by atoms with Gasteiger partial charge in [-0.2, -0.15) is 0 Å². The third kappa shape index (κ3) is 2.05. The molecule has 0 unspecified atom stereocenters. The minimum atomic E-state index is 0.446. The number of rotatable bonds is 3. The van der Waals surface area contributed by atoms with E-state index in [-0.39, 0.29) is 0 Å². The van der Waals surface area contributed by atoms with Crippen LogP contribution in [-0.2, 0) is 11.3 Å². The Morgan fingerprint density at radius 3 is 2.77 bits per heavy atom. The van der Waals surface area contributed by atoms with E-state index in [1.54, 1.807) is 7.11 Å². The lowest BCUT2D eigenvalue weighted by atomic mass is 10.1. The average molecular weight is 178 g/mol. The molecule has 1 saturated heterocycles. The van der Waals surface area contributed by atoms with Crippen LogP contribution in [-0.4, -0.2) is 36.2 Å². The van der Waals surface area contributed by atoms with E-state index in [0.29, 0.717) is 6.10 Å². The highest BCUT2D eigenvalue weighted by Gasteiger charge is 2.25. The maximum absolute atomic E-state index is 5.20. The number of pyridine rings is 1. The second-order valence-corrected chi connectivity index (χ2v) is 3.41. The molecular formula is C10H14N2O. The summed E-state index contributed by atoms with van der Waals surface area (Å²) in [6.07, 6.45) is 4.12. The van der Waals surface area contributed by atoms with Crippen LogP contribution in [0, 0.1) is 0 Å². The predicted molar refractivity (Wildman–Crippen MR) is 50.3 cm³/mol. The highest BCUT2D eigenvalue weighted by Crippen LogP contribution is 2.14. The van der Waals surface area contributed by atoms with Crippen LogP contribution in [0.2, 0.25) is 0 Å². The lowest BCUT2D eigenvalue weighted by molar-refractivity contribution is -0.0334. The molecule has 1 aromatic rings. The van der Waals surface area contributed by atoms with Crippen LogP contribution in [0.3, 0.4) is 0 Å². The second kappa shape index (κ2) is 3.85. The van der Waals surface area contributed by atoms with Gasteiger partial charge in [-0.15, -0.1) is 0 Å². The Bertz CT molecular complexity index is 257. The Labute approximate surface area is 78.3 Å². The van der Waals surface area contributed by atoms with Crippen molar-refractivity contribution in [3.63, 3.8) is 0 Å². The van der Waals surface area contributed by atoms with Gasteiger partial charge in [0.05, 0.1) is 6.10 Å². The van der Waals surface area contributed by atoms with Crippen LogP contribution < -0.4 is 0 Å². The lowest BCUT2D eigenvalue weighted by Crippen LogP contribution is -2.50. The molecule has 0 bridgehead atoms. The molecule has 3 heteroatoms. The van der Waals surface area contributed by atoms with Crippen molar-refractivity contribution in [1.82, 2.24) is 9.88 Å². The smallest absolute Gasteiger partial charge is 0.0825 e. The molecule has 1 aromatic heterocycles.